The lowest BCUT2D eigenvalue weighted by atomic mass is 10.0. The lowest BCUT2D eigenvalue weighted by Crippen LogP contribution is -2.44. The Labute approximate surface area is 98.0 Å². The van der Waals surface area contributed by atoms with Crippen LogP contribution in [0.1, 0.15) is 32.6 Å². The molecule has 0 bridgehead atoms. The van der Waals surface area contributed by atoms with Gasteiger partial charge in [0, 0.05) is 19.7 Å². The van der Waals surface area contributed by atoms with Gasteiger partial charge in [0.1, 0.15) is 0 Å². The lowest BCUT2D eigenvalue weighted by Gasteiger charge is -2.22. The Morgan fingerprint density at radius 1 is 1.47 bits per heavy atom. The summed E-state index contributed by atoms with van der Waals surface area (Å²) in [5.74, 6) is 0.798. The predicted octanol–water partition coefficient (Wildman–Crippen LogP) is 1.68. The van der Waals surface area contributed by atoms with E-state index >= 15 is 0 Å². The molecule has 1 saturated carbocycles. The third-order valence-electron chi connectivity index (χ3n) is 3.06. The summed E-state index contributed by atoms with van der Waals surface area (Å²) in [6.07, 6.45) is 5.44. The lowest BCUT2D eigenvalue weighted by molar-refractivity contribution is 0.203. The highest BCUT2D eigenvalue weighted by atomic mass is 32.1. The Morgan fingerprint density at radius 2 is 2.13 bits per heavy atom. The normalized spacial score (nSPS) is 18.8. The summed E-state index contributed by atoms with van der Waals surface area (Å²) in [6, 6.07) is 0.495. The van der Waals surface area contributed by atoms with Crippen molar-refractivity contribution in [2.24, 2.45) is 5.92 Å². The molecule has 0 spiro atoms. The first-order valence-electron chi connectivity index (χ1n) is 5.77. The van der Waals surface area contributed by atoms with E-state index in [0.717, 1.165) is 17.6 Å². The number of nitrogens with one attached hydrogen (secondary N) is 2. The van der Waals surface area contributed by atoms with E-state index in [-0.39, 0.29) is 0 Å². The number of hydrogen-bond acceptors (Lipinski definition) is 2. The second-order valence-electron chi connectivity index (χ2n) is 4.23. The summed E-state index contributed by atoms with van der Waals surface area (Å²) in [5, 5.41) is 7.23. The van der Waals surface area contributed by atoms with Crippen LogP contribution in [-0.2, 0) is 4.74 Å². The van der Waals surface area contributed by atoms with Gasteiger partial charge in [-0.2, -0.15) is 0 Å². The molecule has 1 atom stereocenters. The van der Waals surface area contributed by atoms with Gasteiger partial charge in [-0.05, 0) is 37.9 Å². The standard InChI is InChI=1S/C11H22N2OS/c1-9(10-5-3-4-6-10)13-11(15)12-7-8-14-2/h9-10H,3-8H2,1-2H3,(H2,12,13,15). The maximum atomic E-state index is 5.20. The third kappa shape index (κ3) is 4.80. The molecular formula is C11H22N2OS. The smallest absolute Gasteiger partial charge is 0.166 e. The van der Waals surface area contributed by atoms with Gasteiger partial charge in [-0.3, -0.25) is 0 Å². The van der Waals surface area contributed by atoms with Crippen molar-refractivity contribution in [2.45, 2.75) is 38.6 Å². The highest BCUT2D eigenvalue weighted by molar-refractivity contribution is 7.80. The molecule has 0 heterocycles. The van der Waals surface area contributed by atoms with Crippen LogP contribution < -0.4 is 10.6 Å². The maximum absolute atomic E-state index is 5.20. The van der Waals surface area contributed by atoms with Crippen molar-refractivity contribution in [3.63, 3.8) is 0 Å². The number of rotatable bonds is 5. The molecule has 1 aliphatic rings. The van der Waals surface area contributed by atoms with Crippen molar-refractivity contribution in [3.05, 3.63) is 0 Å². The zero-order chi connectivity index (χ0) is 11.1. The SMILES string of the molecule is COCCNC(=S)NC(C)C1CCCC1. The monoisotopic (exact) mass is 230 g/mol. The van der Waals surface area contributed by atoms with Crippen molar-refractivity contribution >= 4 is 17.3 Å². The van der Waals surface area contributed by atoms with Crippen LogP contribution in [0.3, 0.4) is 0 Å². The minimum Gasteiger partial charge on any atom is -0.383 e. The molecule has 88 valence electrons. The fourth-order valence-corrected chi connectivity index (χ4v) is 2.39. The van der Waals surface area contributed by atoms with E-state index in [1.54, 1.807) is 7.11 Å². The van der Waals surface area contributed by atoms with E-state index in [0.29, 0.717) is 12.6 Å². The van der Waals surface area contributed by atoms with E-state index in [1.165, 1.54) is 25.7 Å². The predicted molar refractivity (Wildman–Crippen MR) is 67.0 cm³/mol. The molecule has 0 aromatic rings. The Morgan fingerprint density at radius 3 is 2.73 bits per heavy atom. The fourth-order valence-electron chi connectivity index (χ4n) is 2.10. The van der Waals surface area contributed by atoms with Crippen LogP contribution in [0, 0.1) is 5.92 Å². The molecule has 2 N–H and O–H groups in total. The summed E-state index contributed by atoms with van der Waals surface area (Å²) in [7, 11) is 1.69. The summed E-state index contributed by atoms with van der Waals surface area (Å²) >= 11 is 5.20. The van der Waals surface area contributed by atoms with Gasteiger partial charge in [-0.15, -0.1) is 0 Å². The van der Waals surface area contributed by atoms with E-state index in [1.807, 2.05) is 0 Å². The van der Waals surface area contributed by atoms with Crippen LogP contribution in [0.25, 0.3) is 0 Å². The molecule has 15 heavy (non-hydrogen) atoms. The minimum absolute atomic E-state index is 0.495. The maximum Gasteiger partial charge on any atom is 0.166 e. The number of hydrogen-bond donors (Lipinski definition) is 2. The van der Waals surface area contributed by atoms with Crippen molar-refractivity contribution in [1.82, 2.24) is 10.6 Å². The van der Waals surface area contributed by atoms with Crippen LogP contribution in [0.15, 0.2) is 0 Å². The molecule has 0 aliphatic heterocycles. The van der Waals surface area contributed by atoms with Gasteiger partial charge in [-0.25, -0.2) is 0 Å². The van der Waals surface area contributed by atoms with Crippen LogP contribution in [0.5, 0.6) is 0 Å². The van der Waals surface area contributed by atoms with Crippen LogP contribution in [-0.4, -0.2) is 31.4 Å². The molecule has 1 rings (SSSR count). The summed E-state index contributed by atoms with van der Waals surface area (Å²) in [4.78, 5) is 0. The van der Waals surface area contributed by atoms with Crippen molar-refractivity contribution in [2.75, 3.05) is 20.3 Å². The topological polar surface area (TPSA) is 33.3 Å². The molecule has 0 aromatic carbocycles. The molecule has 0 saturated heterocycles. The molecule has 1 fully saturated rings. The summed E-state index contributed by atoms with van der Waals surface area (Å²) in [5.41, 5.74) is 0. The Bertz CT molecular complexity index is 193. The Hall–Kier alpha value is -0.350. The second-order valence-corrected chi connectivity index (χ2v) is 4.63. The number of methoxy groups -OCH3 is 1. The first-order valence-corrected chi connectivity index (χ1v) is 6.18. The minimum atomic E-state index is 0.495. The Kier molecular flexibility index (Phi) is 5.95. The van der Waals surface area contributed by atoms with E-state index in [2.05, 4.69) is 17.6 Å². The molecule has 3 nitrogen and oxygen atoms in total. The van der Waals surface area contributed by atoms with Gasteiger partial charge in [0.2, 0.25) is 0 Å². The first-order chi connectivity index (χ1) is 7.24. The average molecular weight is 230 g/mol. The van der Waals surface area contributed by atoms with Gasteiger partial charge in [0.15, 0.2) is 5.11 Å². The average Bonchev–Trinajstić information content (AvgIpc) is 2.70. The first kappa shape index (κ1) is 12.7. The fraction of sp³-hybridized carbons (Fsp3) is 0.909. The van der Waals surface area contributed by atoms with Crippen molar-refractivity contribution in [3.8, 4) is 0 Å². The van der Waals surface area contributed by atoms with Gasteiger partial charge >= 0.3 is 0 Å². The highest BCUT2D eigenvalue weighted by Gasteiger charge is 2.21. The van der Waals surface area contributed by atoms with Gasteiger partial charge in [0.25, 0.3) is 0 Å². The van der Waals surface area contributed by atoms with Crippen LogP contribution in [0.4, 0.5) is 0 Å². The summed E-state index contributed by atoms with van der Waals surface area (Å²) in [6.45, 7) is 3.69. The van der Waals surface area contributed by atoms with Crippen molar-refractivity contribution in [1.29, 1.82) is 0 Å². The molecular weight excluding hydrogens is 208 g/mol. The molecule has 0 amide bonds. The molecule has 4 heteroatoms. The van der Waals surface area contributed by atoms with Gasteiger partial charge < -0.3 is 15.4 Å². The van der Waals surface area contributed by atoms with E-state index < -0.39 is 0 Å². The zero-order valence-corrected chi connectivity index (χ0v) is 10.5. The second kappa shape index (κ2) is 7.01. The Balaban J connectivity index is 2.13. The number of thiocarbonyl (C=S) groups is 1. The van der Waals surface area contributed by atoms with Gasteiger partial charge in [0.05, 0.1) is 6.61 Å². The summed E-state index contributed by atoms with van der Waals surface area (Å²) < 4.78 is 4.95. The molecule has 0 aromatic heterocycles. The zero-order valence-electron chi connectivity index (χ0n) is 9.71. The quantitative estimate of drug-likeness (QED) is 0.556. The van der Waals surface area contributed by atoms with E-state index in [4.69, 9.17) is 17.0 Å². The van der Waals surface area contributed by atoms with Gasteiger partial charge in [-0.1, -0.05) is 12.8 Å². The van der Waals surface area contributed by atoms with Crippen LogP contribution >= 0.6 is 12.2 Å². The molecule has 1 unspecified atom stereocenters. The largest absolute Gasteiger partial charge is 0.383 e. The van der Waals surface area contributed by atoms with Crippen LogP contribution in [0.2, 0.25) is 0 Å². The molecule has 0 radical (unpaired) electrons. The van der Waals surface area contributed by atoms with E-state index in [9.17, 15) is 0 Å². The van der Waals surface area contributed by atoms with Crippen molar-refractivity contribution < 1.29 is 4.74 Å². The molecule has 1 aliphatic carbocycles. The third-order valence-corrected chi connectivity index (χ3v) is 3.32. The number of ether oxygens (including phenoxy) is 1. The highest BCUT2D eigenvalue weighted by Crippen LogP contribution is 2.27.